The van der Waals surface area contributed by atoms with E-state index in [9.17, 15) is 26.4 Å². The number of piperazine rings is 1. The Morgan fingerprint density at radius 1 is 1.00 bits per heavy atom. The van der Waals surface area contributed by atoms with Gasteiger partial charge in [0.15, 0.2) is 15.6 Å². The first kappa shape index (κ1) is 23.3. The van der Waals surface area contributed by atoms with Gasteiger partial charge in [0.1, 0.15) is 0 Å². The minimum Gasteiger partial charge on any atom is -0.335 e. The molecule has 0 radical (unpaired) electrons. The molecule has 4 rings (SSSR count). The van der Waals surface area contributed by atoms with Crippen LogP contribution in [-0.4, -0.2) is 98.9 Å². The number of sulfone groups is 1. The lowest BCUT2D eigenvalue weighted by Crippen LogP contribution is -2.53. The molecule has 3 fully saturated rings. The van der Waals surface area contributed by atoms with Gasteiger partial charge in [-0.05, 0) is 38.3 Å². The summed E-state index contributed by atoms with van der Waals surface area (Å²) < 4.78 is 51.0. The van der Waals surface area contributed by atoms with E-state index in [4.69, 9.17) is 0 Å². The standard InChI is InChI=1S/C21H29N3O6S2/c1-16(25)17-2-6-20(7-3-17)32(29,30)23-11-9-22(10-12-23)14-21(26)24(18-4-5-18)19-8-13-31(27,28)15-19/h2-3,6-7,18-19H,4-5,8-15H2,1H3. The van der Waals surface area contributed by atoms with E-state index >= 15 is 0 Å². The summed E-state index contributed by atoms with van der Waals surface area (Å²) in [6.07, 6.45) is 2.33. The Morgan fingerprint density at radius 3 is 2.12 bits per heavy atom. The number of Topliss-reactive ketones (excluding diaryl/α,β-unsaturated/α-hetero) is 1. The van der Waals surface area contributed by atoms with Crippen LogP contribution < -0.4 is 0 Å². The van der Waals surface area contributed by atoms with Crippen LogP contribution >= 0.6 is 0 Å². The first-order chi connectivity index (χ1) is 15.1. The van der Waals surface area contributed by atoms with Gasteiger partial charge in [0.05, 0.1) is 22.9 Å². The Kier molecular flexibility index (Phi) is 6.45. The quantitative estimate of drug-likeness (QED) is 0.515. The predicted molar refractivity (Wildman–Crippen MR) is 119 cm³/mol. The molecule has 9 nitrogen and oxygen atoms in total. The average molecular weight is 484 g/mol. The molecule has 1 atom stereocenters. The van der Waals surface area contributed by atoms with Crippen LogP contribution in [0.25, 0.3) is 0 Å². The monoisotopic (exact) mass is 483 g/mol. The molecule has 3 aliphatic rings. The van der Waals surface area contributed by atoms with Crippen LogP contribution in [-0.2, 0) is 24.7 Å². The zero-order chi connectivity index (χ0) is 23.1. The lowest BCUT2D eigenvalue weighted by atomic mass is 10.2. The van der Waals surface area contributed by atoms with Crippen LogP contribution in [0.5, 0.6) is 0 Å². The van der Waals surface area contributed by atoms with Crippen molar-refractivity contribution in [2.24, 2.45) is 0 Å². The molecule has 0 N–H and O–H groups in total. The lowest BCUT2D eigenvalue weighted by Gasteiger charge is -2.36. The second kappa shape index (κ2) is 8.85. The molecule has 1 saturated carbocycles. The van der Waals surface area contributed by atoms with Crippen LogP contribution in [0.15, 0.2) is 29.2 Å². The molecule has 1 amide bonds. The maximum absolute atomic E-state index is 13.0. The Bertz CT molecular complexity index is 1090. The third-order valence-electron chi connectivity index (χ3n) is 6.42. The lowest BCUT2D eigenvalue weighted by molar-refractivity contribution is -0.135. The molecule has 1 aliphatic carbocycles. The van der Waals surface area contributed by atoms with Crippen molar-refractivity contribution in [2.45, 2.75) is 43.2 Å². The van der Waals surface area contributed by atoms with Crippen molar-refractivity contribution in [1.82, 2.24) is 14.1 Å². The van der Waals surface area contributed by atoms with Crippen LogP contribution in [0.3, 0.4) is 0 Å². The minimum atomic E-state index is -3.67. The van der Waals surface area contributed by atoms with Gasteiger partial charge in [-0.1, -0.05) is 12.1 Å². The Hall–Kier alpha value is -1.82. The van der Waals surface area contributed by atoms with Gasteiger partial charge in [-0.25, -0.2) is 16.8 Å². The van der Waals surface area contributed by atoms with E-state index in [0.717, 1.165) is 12.8 Å². The average Bonchev–Trinajstić information content (AvgIpc) is 3.51. The van der Waals surface area contributed by atoms with Gasteiger partial charge in [0.2, 0.25) is 15.9 Å². The number of hydrogen-bond donors (Lipinski definition) is 0. The van der Waals surface area contributed by atoms with Crippen molar-refractivity contribution < 1.29 is 26.4 Å². The van der Waals surface area contributed by atoms with E-state index < -0.39 is 19.9 Å². The summed E-state index contributed by atoms with van der Waals surface area (Å²) >= 11 is 0. The van der Waals surface area contributed by atoms with Gasteiger partial charge in [0, 0.05) is 43.8 Å². The van der Waals surface area contributed by atoms with Gasteiger partial charge in [0.25, 0.3) is 0 Å². The maximum Gasteiger partial charge on any atom is 0.243 e. The molecule has 2 heterocycles. The zero-order valence-electron chi connectivity index (χ0n) is 18.1. The number of carbonyl (C=O) groups is 2. The van der Waals surface area contributed by atoms with Crippen molar-refractivity contribution >= 4 is 31.6 Å². The van der Waals surface area contributed by atoms with Crippen LogP contribution in [0, 0.1) is 0 Å². The summed E-state index contributed by atoms with van der Waals surface area (Å²) in [4.78, 5) is 28.3. The summed E-state index contributed by atoms with van der Waals surface area (Å²) in [7, 11) is -6.74. The molecule has 32 heavy (non-hydrogen) atoms. The number of nitrogens with zero attached hydrogens (tertiary/aromatic N) is 3. The fraction of sp³-hybridized carbons (Fsp3) is 0.619. The summed E-state index contributed by atoms with van der Waals surface area (Å²) in [6.45, 7) is 3.00. The first-order valence-corrected chi connectivity index (χ1v) is 14.2. The number of benzene rings is 1. The molecule has 1 unspecified atom stereocenters. The van der Waals surface area contributed by atoms with Gasteiger partial charge in [-0.2, -0.15) is 4.31 Å². The van der Waals surface area contributed by atoms with Crippen molar-refractivity contribution in [1.29, 1.82) is 0 Å². The highest BCUT2D eigenvalue weighted by Crippen LogP contribution is 2.32. The summed E-state index contributed by atoms with van der Waals surface area (Å²) in [6, 6.07) is 5.83. The third kappa shape index (κ3) is 5.05. The van der Waals surface area contributed by atoms with Crippen LogP contribution in [0.4, 0.5) is 0 Å². The Labute approximate surface area is 189 Å². The smallest absolute Gasteiger partial charge is 0.243 e. The summed E-state index contributed by atoms with van der Waals surface area (Å²) in [5.74, 6) is -0.00435. The maximum atomic E-state index is 13.0. The molecular weight excluding hydrogens is 454 g/mol. The fourth-order valence-corrected chi connectivity index (χ4v) is 7.60. The number of hydrogen-bond acceptors (Lipinski definition) is 7. The van der Waals surface area contributed by atoms with E-state index in [2.05, 4.69) is 0 Å². The molecule has 2 aliphatic heterocycles. The normalized spacial score (nSPS) is 24.3. The molecule has 0 aromatic heterocycles. The number of sulfonamides is 1. The number of ketones is 1. The Morgan fingerprint density at radius 2 is 1.62 bits per heavy atom. The first-order valence-electron chi connectivity index (χ1n) is 10.9. The van der Waals surface area contributed by atoms with E-state index in [0.29, 0.717) is 25.1 Å². The molecule has 2 saturated heterocycles. The van der Waals surface area contributed by atoms with Gasteiger partial charge >= 0.3 is 0 Å². The Balaban J connectivity index is 1.35. The fourth-order valence-electron chi connectivity index (χ4n) is 4.46. The minimum absolute atomic E-state index is 0.0453. The highest BCUT2D eigenvalue weighted by atomic mass is 32.2. The number of rotatable bonds is 7. The van der Waals surface area contributed by atoms with E-state index in [1.165, 1.54) is 35.5 Å². The molecular formula is C21H29N3O6S2. The van der Waals surface area contributed by atoms with E-state index in [1.807, 2.05) is 4.90 Å². The number of carbonyl (C=O) groups excluding carboxylic acids is 2. The second-order valence-corrected chi connectivity index (χ2v) is 13.0. The molecule has 0 bridgehead atoms. The summed E-state index contributed by atoms with van der Waals surface area (Å²) in [5.41, 5.74) is 0.461. The second-order valence-electron chi connectivity index (χ2n) is 8.85. The van der Waals surface area contributed by atoms with Gasteiger partial charge in [-0.15, -0.1) is 0 Å². The van der Waals surface area contributed by atoms with Crippen LogP contribution in [0.1, 0.15) is 36.5 Å². The van der Waals surface area contributed by atoms with Crippen molar-refractivity contribution in [3.63, 3.8) is 0 Å². The van der Waals surface area contributed by atoms with Crippen LogP contribution in [0.2, 0.25) is 0 Å². The largest absolute Gasteiger partial charge is 0.335 e. The molecule has 1 aromatic rings. The third-order valence-corrected chi connectivity index (χ3v) is 10.1. The molecule has 11 heteroatoms. The highest BCUT2D eigenvalue weighted by molar-refractivity contribution is 7.91. The van der Waals surface area contributed by atoms with Gasteiger partial charge < -0.3 is 4.90 Å². The molecule has 1 aromatic carbocycles. The molecule has 0 spiro atoms. The van der Waals surface area contributed by atoms with E-state index in [1.54, 1.807) is 4.90 Å². The van der Waals surface area contributed by atoms with E-state index in [-0.39, 0.29) is 59.8 Å². The summed E-state index contributed by atoms with van der Waals surface area (Å²) in [5, 5.41) is 0. The topological polar surface area (TPSA) is 112 Å². The van der Waals surface area contributed by atoms with Gasteiger partial charge in [-0.3, -0.25) is 14.5 Å². The highest BCUT2D eigenvalue weighted by Gasteiger charge is 2.42. The van der Waals surface area contributed by atoms with Crippen molar-refractivity contribution in [3.8, 4) is 0 Å². The SMILES string of the molecule is CC(=O)c1ccc(S(=O)(=O)N2CCN(CC(=O)N(C3CC3)C3CCS(=O)(=O)C3)CC2)cc1. The van der Waals surface area contributed by atoms with Crippen molar-refractivity contribution in [3.05, 3.63) is 29.8 Å². The zero-order valence-corrected chi connectivity index (χ0v) is 19.8. The predicted octanol–water partition coefficient (Wildman–Crippen LogP) is 0.374. The molecule has 176 valence electrons. The number of amides is 1. The van der Waals surface area contributed by atoms with Crippen molar-refractivity contribution in [2.75, 3.05) is 44.2 Å².